The van der Waals surface area contributed by atoms with Gasteiger partial charge in [0.05, 0.1) is 7.11 Å². The third kappa shape index (κ3) is 5.55. The Labute approximate surface area is 186 Å². The highest BCUT2D eigenvalue weighted by molar-refractivity contribution is 7.89. The molecular formula is C22H26F2N2O5S. The summed E-state index contributed by atoms with van der Waals surface area (Å²) in [5.41, 5.74) is 0.843. The zero-order valence-electron chi connectivity index (χ0n) is 17.9. The maximum atomic E-state index is 13.3. The summed E-state index contributed by atoms with van der Waals surface area (Å²) in [4.78, 5) is 12.6. The second-order valence-corrected chi connectivity index (χ2v) is 9.39. The fourth-order valence-corrected chi connectivity index (χ4v) is 5.53. The molecule has 1 fully saturated rings. The smallest absolute Gasteiger partial charge is 0.387 e. The summed E-state index contributed by atoms with van der Waals surface area (Å²) in [6.45, 7) is -0.481. The van der Waals surface area contributed by atoms with Gasteiger partial charge >= 0.3 is 6.61 Å². The summed E-state index contributed by atoms with van der Waals surface area (Å²) in [6.07, 6.45) is 2.54. The van der Waals surface area contributed by atoms with Crippen molar-refractivity contribution in [2.45, 2.75) is 50.3 Å². The van der Waals surface area contributed by atoms with Crippen LogP contribution in [0.25, 0.3) is 0 Å². The number of rotatable bonds is 8. The van der Waals surface area contributed by atoms with E-state index in [1.54, 1.807) is 12.1 Å². The van der Waals surface area contributed by atoms with E-state index < -0.39 is 22.5 Å². The van der Waals surface area contributed by atoms with Crippen LogP contribution in [0.15, 0.2) is 47.4 Å². The molecule has 174 valence electrons. The minimum atomic E-state index is -3.84. The molecule has 1 aliphatic rings. The molecule has 3 rings (SSSR count). The topological polar surface area (TPSA) is 84.9 Å². The SMILES string of the molecule is COc1ccc(C(=O)NCc2ccc(OC(F)F)cc2)cc1S(=O)(=O)N1CCCCC1C. The fourth-order valence-electron chi connectivity index (χ4n) is 3.65. The summed E-state index contributed by atoms with van der Waals surface area (Å²) in [5.74, 6) is -0.273. The van der Waals surface area contributed by atoms with Crippen LogP contribution in [-0.2, 0) is 16.6 Å². The number of nitrogens with one attached hydrogen (secondary N) is 1. The van der Waals surface area contributed by atoms with Gasteiger partial charge in [-0.1, -0.05) is 18.6 Å². The number of methoxy groups -OCH3 is 1. The zero-order valence-corrected chi connectivity index (χ0v) is 18.7. The van der Waals surface area contributed by atoms with E-state index in [-0.39, 0.29) is 34.5 Å². The lowest BCUT2D eigenvalue weighted by molar-refractivity contribution is -0.0498. The molecule has 1 aliphatic heterocycles. The lowest BCUT2D eigenvalue weighted by Gasteiger charge is -2.32. The summed E-state index contributed by atoms with van der Waals surface area (Å²) in [5, 5.41) is 2.70. The number of alkyl halides is 2. The quantitative estimate of drug-likeness (QED) is 0.637. The number of sulfonamides is 1. The van der Waals surface area contributed by atoms with Crippen molar-refractivity contribution >= 4 is 15.9 Å². The Morgan fingerprint density at radius 1 is 1.19 bits per heavy atom. The zero-order chi connectivity index (χ0) is 23.3. The van der Waals surface area contributed by atoms with Gasteiger partial charge in [0.25, 0.3) is 5.91 Å². The van der Waals surface area contributed by atoms with E-state index in [9.17, 15) is 22.0 Å². The van der Waals surface area contributed by atoms with Gasteiger partial charge in [-0.3, -0.25) is 4.79 Å². The molecule has 1 saturated heterocycles. The van der Waals surface area contributed by atoms with Crippen LogP contribution in [0.3, 0.4) is 0 Å². The molecule has 2 aromatic rings. The van der Waals surface area contributed by atoms with Crippen molar-refractivity contribution in [2.24, 2.45) is 0 Å². The Morgan fingerprint density at radius 2 is 1.91 bits per heavy atom. The van der Waals surface area contributed by atoms with Crippen molar-refractivity contribution in [3.05, 3.63) is 53.6 Å². The Morgan fingerprint density at radius 3 is 2.53 bits per heavy atom. The number of piperidine rings is 1. The Balaban J connectivity index is 1.76. The van der Waals surface area contributed by atoms with Crippen molar-refractivity contribution in [3.63, 3.8) is 0 Å². The lowest BCUT2D eigenvalue weighted by atomic mass is 10.1. The van der Waals surface area contributed by atoms with Gasteiger partial charge in [-0.05, 0) is 55.7 Å². The molecule has 7 nitrogen and oxygen atoms in total. The number of amides is 1. The fraction of sp³-hybridized carbons (Fsp3) is 0.409. The van der Waals surface area contributed by atoms with E-state index in [4.69, 9.17) is 4.74 Å². The van der Waals surface area contributed by atoms with E-state index in [2.05, 4.69) is 10.1 Å². The number of hydrogen-bond donors (Lipinski definition) is 1. The normalized spacial score (nSPS) is 17.2. The standard InChI is InChI=1S/C22H26F2N2O5S/c1-15-5-3-4-12-26(15)32(28,29)20-13-17(8-11-19(20)30-2)21(27)25-14-16-6-9-18(10-7-16)31-22(23)24/h6-11,13,15,22H,3-5,12,14H2,1-2H3,(H,25,27). The van der Waals surface area contributed by atoms with E-state index in [1.165, 1.54) is 41.7 Å². The van der Waals surface area contributed by atoms with Crippen LogP contribution in [0.5, 0.6) is 11.5 Å². The predicted octanol–water partition coefficient (Wildman–Crippen LogP) is 3.79. The van der Waals surface area contributed by atoms with Gasteiger partial charge in [0, 0.05) is 24.7 Å². The number of halogens is 2. The van der Waals surface area contributed by atoms with Gasteiger partial charge in [0.2, 0.25) is 10.0 Å². The number of benzene rings is 2. The van der Waals surface area contributed by atoms with Crippen LogP contribution in [0.2, 0.25) is 0 Å². The molecular weight excluding hydrogens is 442 g/mol. The first-order valence-electron chi connectivity index (χ1n) is 10.2. The number of carbonyl (C=O) groups is 1. The highest BCUT2D eigenvalue weighted by atomic mass is 32.2. The van der Waals surface area contributed by atoms with Gasteiger partial charge in [-0.15, -0.1) is 0 Å². The monoisotopic (exact) mass is 468 g/mol. The first-order valence-corrected chi connectivity index (χ1v) is 11.7. The van der Waals surface area contributed by atoms with Crippen LogP contribution in [0, 0.1) is 0 Å². The van der Waals surface area contributed by atoms with Crippen molar-refractivity contribution in [2.75, 3.05) is 13.7 Å². The highest BCUT2D eigenvalue weighted by Gasteiger charge is 2.33. The van der Waals surface area contributed by atoms with Crippen molar-refractivity contribution in [3.8, 4) is 11.5 Å². The minimum Gasteiger partial charge on any atom is -0.495 e. The van der Waals surface area contributed by atoms with E-state index in [1.807, 2.05) is 6.92 Å². The molecule has 0 saturated carbocycles. The molecule has 0 spiro atoms. The largest absolute Gasteiger partial charge is 0.495 e. The van der Waals surface area contributed by atoms with E-state index in [0.29, 0.717) is 12.1 Å². The van der Waals surface area contributed by atoms with E-state index in [0.717, 1.165) is 19.3 Å². The van der Waals surface area contributed by atoms with Gasteiger partial charge in [0.15, 0.2) is 0 Å². The van der Waals surface area contributed by atoms with Gasteiger partial charge in [-0.25, -0.2) is 8.42 Å². The number of ether oxygens (including phenoxy) is 2. The van der Waals surface area contributed by atoms with Gasteiger partial charge in [-0.2, -0.15) is 13.1 Å². The average Bonchev–Trinajstić information content (AvgIpc) is 2.77. The van der Waals surface area contributed by atoms with Gasteiger partial charge < -0.3 is 14.8 Å². The molecule has 0 aliphatic carbocycles. The molecule has 1 atom stereocenters. The van der Waals surface area contributed by atoms with Crippen molar-refractivity contribution in [1.29, 1.82) is 0 Å². The molecule has 10 heteroatoms. The van der Waals surface area contributed by atoms with Crippen molar-refractivity contribution < 1.29 is 31.5 Å². The first-order chi connectivity index (χ1) is 15.2. The van der Waals surface area contributed by atoms with Crippen LogP contribution in [0.4, 0.5) is 8.78 Å². The highest BCUT2D eigenvalue weighted by Crippen LogP contribution is 2.31. The molecule has 2 aromatic carbocycles. The van der Waals surface area contributed by atoms with Crippen LogP contribution in [0.1, 0.15) is 42.1 Å². The summed E-state index contributed by atoms with van der Waals surface area (Å²) in [6, 6.07) is 10.0. The average molecular weight is 469 g/mol. The molecule has 32 heavy (non-hydrogen) atoms. The Hall–Kier alpha value is -2.72. The second kappa shape index (κ2) is 10.3. The van der Waals surface area contributed by atoms with Crippen LogP contribution in [-0.4, -0.2) is 44.9 Å². The lowest BCUT2D eigenvalue weighted by Crippen LogP contribution is -2.42. The molecule has 1 amide bonds. The summed E-state index contributed by atoms with van der Waals surface area (Å²) in [7, 11) is -2.45. The minimum absolute atomic E-state index is 0.0204. The van der Waals surface area contributed by atoms with Crippen molar-refractivity contribution in [1.82, 2.24) is 9.62 Å². The summed E-state index contributed by atoms with van der Waals surface area (Å²) >= 11 is 0. The predicted molar refractivity (Wildman–Crippen MR) is 114 cm³/mol. The summed E-state index contributed by atoms with van der Waals surface area (Å²) < 4.78 is 62.1. The third-order valence-corrected chi connectivity index (χ3v) is 7.39. The Kier molecular flexibility index (Phi) is 7.68. The van der Waals surface area contributed by atoms with Crippen LogP contribution >= 0.6 is 0 Å². The third-order valence-electron chi connectivity index (χ3n) is 5.36. The molecule has 0 radical (unpaired) electrons. The van der Waals surface area contributed by atoms with E-state index >= 15 is 0 Å². The molecule has 1 heterocycles. The van der Waals surface area contributed by atoms with Gasteiger partial charge in [0.1, 0.15) is 16.4 Å². The molecule has 1 unspecified atom stereocenters. The number of hydrogen-bond acceptors (Lipinski definition) is 5. The maximum absolute atomic E-state index is 13.3. The maximum Gasteiger partial charge on any atom is 0.387 e. The molecule has 0 bridgehead atoms. The molecule has 0 aromatic heterocycles. The van der Waals surface area contributed by atoms with Crippen LogP contribution < -0.4 is 14.8 Å². The molecule has 1 N–H and O–H groups in total. The first kappa shape index (κ1) is 23.9. The number of carbonyl (C=O) groups excluding carboxylic acids is 1. The Bertz CT molecular complexity index is 1040. The number of nitrogens with zero attached hydrogens (tertiary/aromatic N) is 1. The second-order valence-electron chi connectivity index (χ2n) is 7.53.